The summed E-state index contributed by atoms with van der Waals surface area (Å²) in [6.45, 7) is 7.56. The van der Waals surface area contributed by atoms with Gasteiger partial charge >= 0.3 is 19.0 Å². The highest BCUT2D eigenvalue weighted by Crippen LogP contribution is 2.37. The Bertz CT molecular complexity index is 860. The number of H-pyrrole nitrogens is 1. The molecular formula is C15H18BN3O6. The van der Waals surface area contributed by atoms with Crippen molar-refractivity contribution in [2.24, 2.45) is 0 Å². The topological polar surface area (TPSA) is 117 Å². The zero-order valence-corrected chi connectivity index (χ0v) is 14.6. The Balaban J connectivity index is 2.18. The van der Waals surface area contributed by atoms with E-state index in [0.717, 1.165) is 0 Å². The van der Waals surface area contributed by atoms with Crippen molar-refractivity contribution in [3.8, 4) is 0 Å². The number of aromatic amines is 1. The number of nitrogens with zero attached hydrogens (tertiary/aromatic N) is 2. The van der Waals surface area contributed by atoms with E-state index in [1.54, 1.807) is 0 Å². The molecule has 0 unspecified atom stereocenters. The van der Waals surface area contributed by atoms with E-state index in [1.165, 1.54) is 19.2 Å². The molecule has 3 rings (SSSR count). The zero-order valence-electron chi connectivity index (χ0n) is 14.6. The number of carbonyl (C=O) groups excluding carboxylic acids is 1. The Hall–Kier alpha value is -2.46. The molecule has 1 aliphatic rings. The van der Waals surface area contributed by atoms with Crippen LogP contribution >= 0.6 is 0 Å². The van der Waals surface area contributed by atoms with Crippen LogP contribution in [-0.4, -0.2) is 46.3 Å². The van der Waals surface area contributed by atoms with E-state index in [2.05, 4.69) is 9.97 Å². The van der Waals surface area contributed by atoms with Crippen molar-refractivity contribution in [3.63, 3.8) is 0 Å². The Kier molecular flexibility index (Phi) is 3.84. The molecule has 1 saturated heterocycles. The number of rotatable bonds is 3. The van der Waals surface area contributed by atoms with Gasteiger partial charge in [0.1, 0.15) is 5.52 Å². The maximum absolute atomic E-state index is 11.9. The average Bonchev–Trinajstić information content (AvgIpc) is 3.04. The second-order valence-corrected chi connectivity index (χ2v) is 6.86. The highest BCUT2D eigenvalue weighted by atomic mass is 16.7. The van der Waals surface area contributed by atoms with Crippen molar-refractivity contribution in [2.45, 2.75) is 38.9 Å². The Labute approximate surface area is 144 Å². The van der Waals surface area contributed by atoms with Crippen molar-refractivity contribution in [1.82, 2.24) is 9.97 Å². The molecule has 0 spiro atoms. The van der Waals surface area contributed by atoms with Gasteiger partial charge in [-0.3, -0.25) is 0 Å². The van der Waals surface area contributed by atoms with Crippen LogP contribution in [0.2, 0.25) is 0 Å². The first-order valence-corrected chi connectivity index (χ1v) is 7.68. The van der Waals surface area contributed by atoms with Crippen molar-refractivity contribution in [3.05, 3.63) is 27.8 Å². The standard InChI is InChI=1S/C15H18BN3O6/c1-14(2)15(3,4)25-16(24-14)9-6-8(12(20)23-5)7-10-11(9)18-13(17-10)19(21)22/h6-7H,1-5H3,(H,17,18). The fourth-order valence-corrected chi connectivity index (χ4v) is 2.60. The van der Waals surface area contributed by atoms with Crippen molar-refractivity contribution < 1.29 is 23.8 Å². The molecule has 132 valence electrons. The van der Waals surface area contributed by atoms with Crippen LogP contribution in [0.1, 0.15) is 38.1 Å². The van der Waals surface area contributed by atoms with E-state index in [0.29, 0.717) is 16.5 Å². The summed E-state index contributed by atoms with van der Waals surface area (Å²) in [7, 11) is 0.441. The van der Waals surface area contributed by atoms with Gasteiger partial charge in [-0.05, 0) is 44.8 Å². The second-order valence-electron chi connectivity index (χ2n) is 6.86. The van der Waals surface area contributed by atoms with Gasteiger partial charge in [-0.15, -0.1) is 0 Å². The highest BCUT2D eigenvalue weighted by Gasteiger charge is 2.53. The molecule has 25 heavy (non-hydrogen) atoms. The van der Waals surface area contributed by atoms with E-state index in [9.17, 15) is 14.9 Å². The van der Waals surface area contributed by atoms with E-state index < -0.39 is 35.2 Å². The lowest BCUT2D eigenvalue weighted by atomic mass is 9.77. The van der Waals surface area contributed by atoms with Gasteiger partial charge in [0.05, 0.1) is 23.9 Å². The molecule has 0 saturated carbocycles. The summed E-state index contributed by atoms with van der Waals surface area (Å²) >= 11 is 0. The van der Waals surface area contributed by atoms with Gasteiger partial charge in [-0.1, -0.05) is 4.98 Å². The molecule has 2 aromatic rings. The van der Waals surface area contributed by atoms with Crippen molar-refractivity contribution in [1.29, 1.82) is 0 Å². The minimum Gasteiger partial charge on any atom is -0.465 e. The zero-order chi connectivity index (χ0) is 18.6. The van der Waals surface area contributed by atoms with Crippen molar-refractivity contribution in [2.75, 3.05) is 7.11 Å². The third-order valence-electron chi connectivity index (χ3n) is 4.70. The molecule has 2 heterocycles. The highest BCUT2D eigenvalue weighted by molar-refractivity contribution is 6.65. The summed E-state index contributed by atoms with van der Waals surface area (Å²) in [6, 6.07) is 2.98. The number of aromatic nitrogens is 2. The van der Waals surface area contributed by atoms with E-state index in [1.807, 2.05) is 27.7 Å². The predicted octanol–water partition coefficient (Wildman–Crippen LogP) is 1.56. The van der Waals surface area contributed by atoms with Crippen LogP contribution in [0.5, 0.6) is 0 Å². The average molecular weight is 347 g/mol. The first kappa shape index (κ1) is 17.4. The number of carbonyl (C=O) groups is 1. The largest absolute Gasteiger partial charge is 0.498 e. The molecule has 0 aliphatic carbocycles. The fraction of sp³-hybridized carbons (Fsp3) is 0.467. The van der Waals surface area contributed by atoms with E-state index in [-0.39, 0.29) is 5.56 Å². The number of nitrogens with one attached hydrogen (secondary N) is 1. The molecule has 0 bridgehead atoms. The number of methoxy groups -OCH3 is 1. The number of fused-ring (bicyclic) bond motifs is 1. The van der Waals surface area contributed by atoms with Crippen LogP contribution in [0.15, 0.2) is 12.1 Å². The van der Waals surface area contributed by atoms with Gasteiger partial charge in [0.15, 0.2) is 5.52 Å². The summed E-state index contributed by atoms with van der Waals surface area (Å²) in [5, 5.41) is 11.0. The Morgan fingerprint density at radius 1 is 1.28 bits per heavy atom. The minimum absolute atomic E-state index is 0.221. The molecule has 1 fully saturated rings. The van der Waals surface area contributed by atoms with Crippen LogP contribution < -0.4 is 5.46 Å². The number of ether oxygens (including phenoxy) is 1. The molecule has 10 heteroatoms. The predicted molar refractivity (Wildman–Crippen MR) is 89.8 cm³/mol. The van der Waals surface area contributed by atoms with Gasteiger partial charge in [0.25, 0.3) is 0 Å². The molecular weight excluding hydrogens is 329 g/mol. The summed E-state index contributed by atoms with van der Waals surface area (Å²) in [4.78, 5) is 29.0. The summed E-state index contributed by atoms with van der Waals surface area (Å²) < 4.78 is 16.7. The third-order valence-corrected chi connectivity index (χ3v) is 4.70. The summed E-state index contributed by atoms with van der Waals surface area (Å²) in [5.41, 5.74) is 0.0948. The third kappa shape index (κ3) is 2.77. The first-order chi connectivity index (χ1) is 11.6. The number of nitro groups is 1. The second kappa shape index (κ2) is 5.53. The lowest BCUT2D eigenvalue weighted by Gasteiger charge is -2.32. The number of benzene rings is 1. The van der Waals surface area contributed by atoms with Gasteiger partial charge in [0.2, 0.25) is 0 Å². The molecule has 1 aromatic carbocycles. The number of imidazole rings is 1. The smallest absolute Gasteiger partial charge is 0.465 e. The molecule has 0 atom stereocenters. The molecule has 1 N–H and O–H groups in total. The van der Waals surface area contributed by atoms with Gasteiger partial charge in [-0.25, -0.2) is 9.78 Å². The van der Waals surface area contributed by atoms with Gasteiger partial charge in [0, 0.05) is 5.46 Å². The van der Waals surface area contributed by atoms with E-state index >= 15 is 0 Å². The number of hydrogen-bond donors (Lipinski definition) is 1. The van der Waals surface area contributed by atoms with Crippen molar-refractivity contribution >= 4 is 35.5 Å². The maximum atomic E-state index is 11.9. The lowest BCUT2D eigenvalue weighted by molar-refractivity contribution is -0.393. The minimum atomic E-state index is -0.819. The molecule has 9 nitrogen and oxygen atoms in total. The van der Waals surface area contributed by atoms with Crippen LogP contribution in [0.4, 0.5) is 5.95 Å². The summed E-state index contributed by atoms with van der Waals surface area (Å²) in [6.07, 6.45) is 0. The van der Waals surface area contributed by atoms with E-state index in [4.69, 9.17) is 14.0 Å². The Morgan fingerprint density at radius 3 is 2.40 bits per heavy atom. The molecule has 1 aliphatic heterocycles. The molecule has 0 radical (unpaired) electrons. The Morgan fingerprint density at radius 2 is 1.88 bits per heavy atom. The van der Waals surface area contributed by atoms with Crippen LogP contribution in [0.25, 0.3) is 11.0 Å². The van der Waals surface area contributed by atoms with Crippen LogP contribution in [0.3, 0.4) is 0 Å². The monoisotopic (exact) mass is 347 g/mol. The first-order valence-electron chi connectivity index (χ1n) is 7.68. The summed E-state index contributed by atoms with van der Waals surface area (Å²) in [5.74, 6) is -0.994. The number of esters is 1. The van der Waals surface area contributed by atoms with Crippen LogP contribution in [0, 0.1) is 10.1 Å². The van der Waals surface area contributed by atoms with Gasteiger partial charge < -0.3 is 24.2 Å². The van der Waals surface area contributed by atoms with Gasteiger partial charge in [-0.2, -0.15) is 0 Å². The molecule has 0 amide bonds. The normalized spacial score (nSPS) is 18.5. The SMILES string of the molecule is COC(=O)c1cc(B2OC(C)(C)C(C)(C)O2)c2nc([N+](=O)[O-])[nH]c2c1. The quantitative estimate of drug-likeness (QED) is 0.387. The maximum Gasteiger partial charge on any atom is 0.498 e. The van der Waals surface area contributed by atoms with Crippen LogP contribution in [-0.2, 0) is 14.0 Å². The fourth-order valence-electron chi connectivity index (χ4n) is 2.60. The molecule has 1 aromatic heterocycles. The lowest BCUT2D eigenvalue weighted by Crippen LogP contribution is -2.41. The number of hydrogen-bond acceptors (Lipinski definition) is 7.